The van der Waals surface area contributed by atoms with Crippen LogP contribution < -0.4 is 14.2 Å². The topological polar surface area (TPSA) is 107 Å². The van der Waals surface area contributed by atoms with Gasteiger partial charge in [0.1, 0.15) is 17.1 Å². The Morgan fingerprint density at radius 1 is 1.10 bits per heavy atom. The number of hydrogen-bond donors (Lipinski definition) is 1. The fourth-order valence-corrected chi connectivity index (χ4v) is 3.23. The molecular formula is C21H21N3O6. The van der Waals surface area contributed by atoms with Crippen LogP contribution in [-0.2, 0) is 17.9 Å². The Bertz CT molecular complexity index is 1060. The van der Waals surface area contributed by atoms with Crippen LogP contribution in [0.1, 0.15) is 17.0 Å². The van der Waals surface area contributed by atoms with Crippen molar-refractivity contribution in [2.75, 3.05) is 20.4 Å². The van der Waals surface area contributed by atoms with Crippen LogP contribution in [0.25, 0.3) is 11.1 Å². The molecule has 9 heteroatoms. The second-order valence-corrected chi connectivity index (χ2v) is 7.04. The van der Waals surface area contributed by atoms with Gasteiger partial charge in [0.2, 0.25) is 6.79 Å². The molecule has 1 aliphatic heterocycles. The van der Waals surface area contributed by atoms with E-state index >= 15 is 0 Å². The van der Waals surface area contributed by atoms with E-state index in [4.69, 9.17) is 23.9 Å². The number of hydrogen-bond acceptors (Lipinski definition) is 8. The van der Waals surface area contributed by atoms with Crippen molar-refractivity contribution in [2.45, 2.75) is 20.0 Å². The van der Waals surface area contributed by atoms with Gasteiger partial charge in [0, 0.05) is 18.7 Å². The molecule has 3 aromatic rings. The lowest BCUT2D eigenvalue weighted by molar-refractivity contribution is -0.139. The zero-order valence-electron chi connectivity index (χ0n) is 16.6. The lowest BCUT2D eigenvalue weighted by Crippen LogP contribution is -2.19. The molecule has 1 aromatic heterocycles. The van der Waals surface area contributed by atoms with E-state index in [9.17, 15) is 4.79 Å². The number of carbonyl (C=O) groups is 1. The van der Waals surface area contributed by atoms with Crippen molar-refractivity contribution in [3.63, 3.8) is 0 Å². The molecule has 0 bridgehead atoms. The van der Waals surface area contributed by atoms with Crippen LogP contribution in [0.4, 0.5) is 0 Å². The third-order valence-corrected chi connectivity index (χ3v) is 4.72. The first-order chi connectivity index (χ1) is 14.5. The Morgan fingerprint density at radius 2 is 1.87 bits per heavy atom. The maximum atomic E-state index is 11.0. The van der Waals surface area contributed by atoms with E-state index in [0.29, 0.717) is 24.6 Å². The maximum absolute atomic E-state index is 11.0. The standard InChI is InChI=1S/C21H21N3O6/c1-13-17(23-30-22-13)10-24(2)9-16-7-14(3-5-18(16)27-11-21(25)26)15-4-6-19-20(8-15)29-12-28-19/h3-8H,9-12H2,1-2H3,(H,25,26). The highest BCUT2D eigenvalue weighted by Gasteiger charge is 2.16. The number of aromatic nitrogens is 2. The van der Waals surface area contributed by atoms with Gasteiger partial charge >= 0.3 is 5.97 Å². The van der Waals surface area contributed by atoms with Crippen LogP contribution in [0.15, 0.2) is 41.0 Å². The quantitative estimate of drug-likeness (QED) is 0.599. The van der Waals surface area contributed by atoms with Crippen LogP contribution in [-0.4, -0.2) is 46.7 Å². The predicted octanol–water partition coefficient (Wildman–Crippen LogP) is 2.87. The fourth-order valence-electron chi connectivity index (χ4n) is 3.23. The molecule has 0 atom stereocenters. The largest absolute Gasteiger partial charge is 0.482 e. The van der Waals surface area contributed by atoms with Gasteiger partial charge in [-0.2, -0.15) is 0 Å². The molecule has 0 saturated carbocycles. The average molecular weight is 411 g/mol. The van der Waals surface area contributed by atoms with E-state index < -0.39 is 12.6 Å². The van der Waals surface area contributed by atoms with E-state index in [1.807, 2.05) is 49.2 Å². The predicted molar refractivity (Wildman–Crippen MR) is 105 cm³/mol. The smallest absolute Gasteiger partial charge is 0.341 e. The number of nitrogens with zero attached hydrogens (tertiary/aromatic N) is 3. The molecule has 0 spiro atoms. The molecule has 0 unspecified atom stereocenters. The van der Waals surface area contributed by atoms with Crippen molar-refractivity contribution in [1.82, 2.24) is 15.2 Å². The van der Waals surface area contributed by atoms with Gasteiger partial charge in [-0.15, -0.1) is 0 Å². The highest BCUT2D eigenvalue weighted by molar-refractivity contribution is 5.70. The van der Waals surface area contributed by atoms with E-state index in [-0.39, 0.29) is 6.79 Å². The summed E-state index contributed by atoms with van der Waals surface area (Å²) in [5.74, 6) is 0.908. The maximum Gasteiger partial charge on any atom is 0.341 e. The van der Waals surface area contributed by atoms with Crippen LogP contribution in [0.5, 0.6) is 17.2 Å². The zero-order chi connectivity index (χ0) is 21.1. The third-order valence-electron chi connectivity index (χ3n) is 4.72. The van der Waals surface area contributed by atoms with Gasteiger partial charge in [-0.3, -0.25) is 4.90 Å². The Balaban J connectivity index is 1.60. The van der Waals surface area contributed by atoms with Gasteiger partial charge in [0.25, 0.3) is 0 Å². The van der Waals surface area contributed by atoms with Crippen molar-refractivity contribution in [2.24, 2.45) is 0 Å². The van der Waals surface area contributed by atoms with Gasteiger partial charge in [0.15, 0.2) is 18.1 Å². The van der Waals surface area contributed by atoms with Crippen LogP contribution in [0.2, 0.25) is 0 Å². The zero-order valence-corrected chi connectivity index (χ0v) is 16.6. The molecule has 4 rings (SSSR count). The minimum atomic E-state index is -1.03. The molecule has 0 amide bonds. The minimum Gasteiger partial charge on any atom is -0.482 e. The van der Waals surface area contributed by atoms with E-state index in [1.54, 1.807) is 6.07 Å². The van der Waals surface area contributed by atoms with E-state index in [0.717, 1.165) is 33.8 Å². The Morgan fingerprint density at radius 3 is 2.63 bits per heavy atom. The Kier molecular flexibility index (Phi) is 5.53. The number of ether oxygens (including phenoxy) is 3. The van der Waals surface area contributed by atoms with Crippen LogP contribution >= 0.6 is 0 Å². The number of carboxylic acid groups (broad SMARTS) is 1. The van der Waals surface area contributed by atoms with E-state index in [2.05, 4.69) is 10.3 Å². The first kappa shape index (κ1) is 19.7. The number of benzene rings is 2. The second-order valence-electron chi connectivity index (χ2n) is 7.04. The Hall–Kier alpha value is -3.59. The minimum absolute atomic E-state index is 0.215. The highest BCUT2D eigenvalue weighted by Crippen LogP contribution is 2.37. The summed E-state index contributed by atoms with van der Waals surface area (Å²) in [5.41, 5.74) is 4.25. The van der Waals surface area contributed by atoms with Crippen LogP contribution in [0.3, 0.4) is 0 Å². The van der Waals surface area contributed by atoms with Gasteiger partial charge in [-0.05, 0) is 49.4 Å². The molecule has 2 heterocycles. The summed E-state index contributed by atoms with van der Waals surface area (Å²) >= 11 is 0. The van der Waals surface area contributed by atoms with Gasteiger partial charge < -0.3 is 19.3 Å². The molecule has 0 fully saturated rings. The fraction of sp³-hybridized carbons (Fsp3) is 0.286. The summed E-state index contributed by atoms with van der Waals surface area (Å²) in [7, 11) is 1.93. The molecule has 1 N–H and O–H groups in total. The summed E-state index contributed by atoms with van der Waals surface area (Å²) in [6.45, 7) is 2.68. The summed E-state index contributed by atoms with van der Waals surface area (Å²) in [4.78, 5) is 13.0. The lowest BCUT2D eigenvalue weighted by Gasteiger charge is -2.19. The van der Waals surface area contributed by atoms with E-state index in [1.165, 1.54) is 0 Å². The lowest BCUT2D eigenvalue weighted by atomic mass is 10.0. The number of carboxylic acids is 1. The molecule has 30 heavy (non-hydrogen) atoms. The first-order valence-electron chi connectivity index (χ1n) is 9.33. The summed E-state index contributed by atoms with van der Waals surface area (Å²) in [6, 6.07) is 11.4. The molecule has 0 saturated heterocycles. The molecule has 0 aliphatic carbocycles. The molecule has 1 aliphatic rings. The molecule has 0 radical (unpaired) electrons. The number of aryl methyl sites for hydroxylation is 1. The van der Waals surface area contributed by atoms with Crippen LogP contribution in [0, 0.1) is 6.92 Å². The highest BCUT2D eigenvalue weighted by atomic mass is 16.7. The number of fused-ring (bicyclic) bond motifs is 1. The number of aliphatic carboxylic acids is 1. The van der Waals surface area contributed by atoms with Gasteiger partial charge in [-0.1, -0.05) is 22.4 Å². The van der Waals surface area contributed by atoms with Crippen molar-refractivity contribution in [3.8, 4) is 28.4 Å². The Labute approximate surface area is 172 Å². The van der Waals surface area contributed by atoms with Crippen molar-refractivity contribution >= 4 is 5.97 Å². The molecule has 156 valence electrons. The summed E-state index contributed by atoms with van der Waals surface area (Å²) in [6.07, 6.45) is 0. The molecule has 2 aromatic carbocycles. The monoisotopic (exact) mass is 411 g/mol. The normalized spacial score (nSPS) is 12.4. The van der Waals surface area contributed by atoms with Gasteiger partial charge in [-0.25, -0.2) is 9.42 Å². The first-order valence-corrected chi connectivity index (χ1v) is 9.33. The molecule has 9 nitrogen and oxygen atoms in total. The summed E-state index contributed by atoms with van der Waals surface area (Å²) < 4.78 is 21.1. The van der Waals surface area contributed by atoms with Crippen molar-refractivity contribution in [3.05, 3.63) is 53.3 Å². The third kappa shape index (κ3) is 4.36. The molecular weight excluding hydrogens is 390 g/mol. The average Bonchev–Trinajstić information content (AvgIpc) is 3.35. The summed E-state index contributed by atoms with van der Waals surface area (Å²) in [5, 5.41) is 16.7. The van der Waals surface area contributed by atoms with Crippen molar-refractivity contribution in [1.29, 1.82) is 0 Å². The van der Waals surface area contributed by atoms with Crippen molar-refractivity contribution < 1.29 is 28.7 Å². The second kappa shape index (κ2) is 8.42. The SMILES string of the molecule is Cc1nonc1CN(C)Cc1cc(-c2ccc3c(c2)OCO3)ccc1OCC(=O)O. The number of rotatable bonds is 8. The van der Waals surface area contributed by atoms with Gasteiger partial charge in [0.05, 0.1) is 0 Å².